The Morgan fingerprint density at radius 2 is 2.04 bits per heavy atom. The number of aliphatic hydroxyl groups is 1. The second kappa shape index (κ2) is 7.70. The largest absolute Gasteiger partial charge is 0.416 e. The van der Waals surface area contributed by atoms with Crippen LogP contribution in [0.25, 0.3) is 0 Å². The molecule has 132 valence electrons. The first-order valence-corrected chi connectivity index (χ1v) is 7.81. The van der Waals surface area contributed by atoms with Gasteiger partial charge in [0.1, 0.15) is 0 Å². The Kier molecular flexibility index (Phi) is 5.88. The Balaban J connectivity index is 1.89. The zero-order chi connectivity index (χ0) is 17.7. The standard InChI is InChI=1S/C17H21F3N2O2/c1-11(8-13-4-2-3-5-15(13)17(18,19)20)21-16(24)22-14-7-6-12(9-14)10-23/h2-7,11-12,14,23H,8-10H2,1H3,(H2,21,22,24)/t11-,12-,14+/m0/s1. The molecule has 1 aromatic carbocycles. The third-order valence-corrected chi connectivity index (χ3v) is 3.95. The smallest absolute Gasteiger partial charge is 0.396 e. The number of amides is 2. The maximum Gasteiger partial charge on any atom is 0.416 e. The predicted octanol–water partition coefficient (Wildman–Crippen LogP) is 2.87. The van der Waals surface area contributed by atoms with Crippen molar-refractivity contribution in [3.8, 4) is 0 Å². The van der Waals surface area contributed by atoms with Gasteiger partial charge in [-0.3, -0.25) is 0 Å². The molecule has 2 rings (SSSR count). The first-order valence-electron chi connectivity index (χ1n) is 7.81. The summed E-state index contributed by atoms with van der Waals surface area (Å²) in [6, 6.07) is 4.31. The molecule has 0 saturated heterocycles. The number of hydrogen-bond acceptors (Lipinski definition) is 2. The Bertz CT molecular complexity index is 602. The van der Waals surface area contributed by atoms with Gasteiger partial charge in [0.15, 0.2) is 0 Å². The number of alkyl halides is 3. The van der Waals surface area contributed by atoms with Crippen LogP contribution in [0, 0.1) is 5.92 Å². The van der Waals surface area contributed by atoms with Crippen molar-refractivity contribution in [2.24, 2.45) is 5.92 Å². The SMILES string of the molecule is C[C@@H](Cc1ccccc1C(F)(F)F)NC(=O)N[C@@H]1C=C[C@H](CO)C1. The number of carbonyl (C=O) groups is 1. The second-order valence-electron chi connectivity index (χ2n) is 6.05. The number of nitrogens with one attached hydrogen (secondary N) is 2. The van der Waals surface area contributed by atoms with Gasteiger partial charge in [-0.05, 0) is 31.4 Å². The average Bonchev–Trinajstić information content (AvgIpc) is 2.93. The maximum atomic E-state index is 13.0. The molecule has 0 spiro atoms. The summed E-state index contributed by atoms with van der Waals surface area (Å²) in [5.74, 6) is 0.0337. The van der Waals surface area contributed by atoms with Gasteiger partial charge in [-0.15, -0.1) is 0 Å². The van der Waals surface area contributed by atoms with Crippen molar-refractivity contribution in [2.75, 3.05) is 6.61 Å². The highest BCUT2D eigenvalue weighted by Crippen LogP contribution is 2.32. The monoisotopic (exact) mass is 342 g/mol. The predicted molar refractivity (Wildman–Crippen MR) is 84.4 cm³/mol. The molecular weight excluding hydrogens is 321 g/mol. The van der Waals surface area contributed by atoms with E-state index in [2.05, 4.69) is 10.6 Å². The summed E-state index contributed by atoms with van der Waals surface area (Å²) in [5, 5.41) is 14.4. The van der Waals surface area contributed by atoms with Crippen LogP contribution >= 0.6 is 0 Å². The van der Waals surface area contributed by atoms with E-state index in [0.717, 1.165) is 6.07 Å². The van der Waals surface area contributed by atoms with Crippen molar-refractivity contribution < 1.29 is 23.1 Å². The molecule has 1 aliphatic carbocycles. The minimum Gasteiger partial charge on any atom is -0.396 e. The minimum atomic E-state index is -4.41. The molecule has 7 heteroatoms. The van der Waals surface area contributed by atoms with Crippen molar-refractivity contribution in [1.29, 1.82) is 0 Å². The molecule has 2 amide bonds. The van der Waals surface area contributed by atoms with E-state index < -0.39 is 23.8 Å². The average molecular weight is 342 g/mol. The van der Waals surface area contributed by atoms with Crippen molar-refractivity contribution >= 4 is 6.03 Å². The quantitative estimate of drug-likeness (QED) is 0.721. The third kappa shape index (κ3) is 4.99. The Morgan fingerprint density at radius 3 is 2.67 bits per heavy atom. The fourth-order valence-corrected chi connectivity index (χ4v) is 2.81. The molecule has 1 aromatic rings. The molecule has 3 N–H and O–H groups in total. The summed E-state index contributed by atoms with van der Waals surface area (Å²) in [6.45, 7) is 1.69. The van der Waals surface area contributed by atoms with Crippen molar-refractivity contribution in [1.82, 2.24) is 10.6 Å². The molecule has 0 radical (unpaired) electrons. The van der Waals surface area contributed by atoms with Crippen LogP contribution in [0.5, 0.6) is 0 Å². The summed E-state index contributed by atoms with van der Waals surface area (Å²) in [7, 11) is 0. The second-order valence-corrected chi connectivity index (χ2v) is 6.05. The lowest BCUT2D eigenvalue weighted by Crippen LogP contribution is -2.45. The number of carbonyl (C=O) groups excluding carboxylic acids is 1. The fourth-order valence-electron chi connectivity index (χ4n) is 2.81. The van der Waals surface area contributed by atoms with Crippen molar-refractivity contribution in [3.05, 3.63) is 47.5 Å². The van der Waals surface area contributed by atoms with Gasteiger partial charge in [0.25, 0.3) is 0 Å². The first-order chi connectivity index (χ1) is 11.3. The van der Waals surface area contributed by atoms with Crippen LogP contribution < -0.4 is 10.6 Å². The highest BCUT2D eigenvalue weighted by atomic mass is 19.4. The summed E-state index contributed by atoms with van der Waals surface area (Å²) in [4.78, 5) is 11.9. The Labute approximate surface area is 138 Å². The van der Waals surface area contributed by atoms with Crippen LogP contribution in [0.3, 0.4) is 0 Å². The number of urea groups is 1. The van der Waals surface area contributed by atoms with Gasteiger partial charge in [-0.25, -0.2) is 4.79 Å². The summed E-state index contributed by atoms with van der Waals surface area (Å²) in [5.41, 5.74) is -0.525. The van der Waals surface area contributed by atoms with Crippen LogP contribution in [-0.2, 0) is 12.6 Å². The van der Waals surface area contributed by atoms with E-state index in [1.165, 1.54) is 12.1 Å². The molecule has 4 nitrogen and oxygen atoms in total. The normalized spacial score (nSPS) is 21.5. The zero-order valence-corrected chi connectivity index (χ0v) is 13.3. The fraction of sp³-hybridized carbons (Fsp3) is 0.471. The van der Waals surface area contributed by atoms with E-state index in [1.54, 1.807) is 13.0 Å². The molecule has 0 aromatic heterocycles. The van der Waals surface area contributed by atoms with E-state index in [9.17, 15) is 18.0 Å². The molecule has 0 unspecified atom stereocenters. The molecule has 0 aliphatic heterocycles. The topological polar surface area (TPSA) is 61.4 Å². The lowest BCUT2D eigenvalue weighted by Gasteiger charge is -2.19. The van der Waals surface area contributed by atoms with Crippen LogP contribution in [0.2, 0.25) is 0 Å². The van der Waals surface area contributed by atoms with E-state index in [0.29, 0.717) is 6.42 Å². The lowest BCUT2D eigenvalue weighted by atomic mass is 10.0. The van der Waals surface area contributed by atoms with Gasteiger partial charge < -0.3 is 15.7 Å². The van der Waals surface area contributed by atoms with Gasteiger partial charge in [0, 0.05) is 24.6 Å². The van der Waals surface area contributed by atoms with Crippen LogP contribution in [-0.4, -0.2) is 29.8 Å². The number of hydrogen-bond donors (Lipinski definition) is 3. The maximum absolute atomic E-state index is 13.0. The van der Waals surface area contributed by atoms with Gasteiger partial charge in [0.05, 0.1) is 5.56 Å². The molecular formula is C17H21F3N2O2. The molecule has 0 saturated carbocycles. The Hall–Kier alpha value is -2.02. The van der Waals surface area contributed by atoms with Gasteiger partial charge in [0.2, 0.25) is 0 Å². The van der Waals surface area contributed by atoms with E-state index in [-0.39, 0.29) is 30.6 Å². The number of aliphatic hydroxyl groups excluding tert-OH is 1. The van der Waals surface area contributed by atoms with E-state index in [1.807, 2.05) is 12.2 Å². The van der Waals surface area contributed by atoms with Gasteiger partial charge in [-0.1, -0.05) is 30.4 Å². The molecule has 0 bridgehead atoms. The summed E-state index contributed by atoms with van der Waals surface area (Å²) >= 11 is 0. The third-order valence-electron chi connectivity index (χ3n) is 3.95. The van der Waals surface area contributed by atoms with Gasteiger partial charge >= 0.3 is 12.2 Å². The van der Waals surface area contributed by atoms with Crippen LogP contribution in [0.15, 0.2) is 36.4 Å². The summed E-state index contributed by atoms with van der Waals surface area (Å²) < 4.78 is 38.9. The van der Waals surface area contributed by atoms with Crippen molar-refractivity contribution in [2.45, 2.75) is 38.0 Å². The molecule has 0 heterocycles. The first kappa shape index (κ1) is 18.3. The molecule has 24 heavy (non-hydrogen) atoms. The van der Waals surface area contributed by atoms with Crippen LogP contribution in [0.4, 0.5) is 18.0 Å². The van der Waals surface area contributed by atoms with E-state index >= 15 is 0 Å². The van der Waals surface area contributed by atoms with Crippen LogP contribution in [0.1, 0.15) is 24.5 Å². The lowest BCUT2D eigenvalue weighted by molar-refractivity contribution is -0.138. The molecule has 0 fully saturated rings. The van der Waals surface area contributed by atoms with Crippen molar-refractivity contribution in [3.63, 3.8) is 0 Å². The highest BCUT2D eigenvalue weighted by molar-refractivity contribution is 5.74. The summed E-state index contributed by atoms with van der Waals surface area (Å²) in [6.07, 6.45) is -0.0529. The van der Waals surface area contributed by atoms with E-state index in [4.69, 9.17) is 5.11 Å². The molecule has 1 aliphatic rings. The number of rotatable bonds is 5. The number of halogens is 3. The minimum absolute atomic E-state index is 0.0287. The van der Waals surface area contributed by atoms with Gasteiger partial charge in [-0.2, -0.15) is 13.2 Å². The Morgan fingerprint density at radius 1 is 1.33 bits per heavy atom. The highest BCUT2D eigenvalue weighted by Gasteiger charge is 2.33. The zero-order valence-electron chi connectivity index (χ0n) is 13.3. The number of benzene rings is 1. The molecule has 3 atom stereocenters.